The summed E-state index contributed by atoms with van der Waals surface area (Å²) in [4.78, 5) is 17.3. The summed E-state index contributed by atoms with van der Waals surface area (Å²) in [6, 6.07) is 9.08. The number of carbonyl (C=O) groups excluding carboxylic acids is 1. The molecule has 0 bridgehead atoms. The number of rotatable bonds is 8. The second-order valence-electron chi connectivity index (χ2n) is 8.11. The van der Waals surface area contributed by atoms with Crippen molar-refractivity contribution >= 4 is 6.03 Å². The molecule has 1 saturated carbocycles. The molecule has 1 aliphatic heterocycles. The van der Waals surface area contributed by atoms with E-state index in [0.717, 1.165) is 19.1 Å². The minimum Gasteiger partial charge on any atom is -0.383 e. The molecular weight excluding hydrogens is 338 g/mol. The van der Waals surface area contributed by atoms with Crippen LogP contribution < -0.4 is 5.32 Å². The fourth-order valence-electron chi connectivity index (χ4n) is 4.42. The van der Waals surface area contributed by atoms with Crippen molar-refractivity contribution in [3.8, 4) is 0 Å². The smallest absolute Gasteiger partial charge is 0.317 e. The van der Waals surface area contributed by atoms with E-state index in [4.69, 9.17) is 4.74 Å². The van der Waals surface area contributed by atoms with Gasteiger partial charge < -0.3 is 19.9 Å². The lowest BCUT2D eigenvalue weighted by atomic mass is 10.1. The molecule has 3 rings (SSSR count). The molecule has 1 aromatic rings. The second-order valence-corrected chi connectivity index (χ2v) is 8.11. The highest BCUT2D eigenvalue weighted by Crippen LogP contribution is 2.28. The number of aryl methyl sites for hydroxylation is 1. The summed E-state index contributed by atoms with van der Waals surface area (Å²) in [6.07, 6.45) is 6.69. The molecule has 2 aliphatic rings. The second kappa shape index (κ2) is 10.1. The number of likely N-dealkylation sites (tertiary alicyclic amines) is 1. The van der Waals surface area contributed by atoms with Gasteiger partial charge in [-0.1, -0.05) is 37.1 Å². The van der Waals surface area contributed by atoms with Crippen molar-refractivity contribution in [3.05, 3.63) is 35.4 Å². The van der Waals surface area contributed by atoms with E-state index >= 15 is 0 Å². The van der Waals surface area contributed by atoms with Crippen molar-refractivity contribution < 1.29 is 9.53 Å². The van der Waals surface area contributed by atoms with Crippen LogP contribution in [-0.2, 0) is 11.3 Å². The fraction of sp³-hybridized carbons (Fsp3) is 0.682. The van der Waals surface area contributed by atoms with Crippen LogP contribution in [0.3, 0.4) is 0 Å². The molecule has 1 N–H and O–H groups in total. The van der Waals surface area contributed by atoms with Crippen molar-refractivity contribution in [2.45, 2.75) is 51.6 Å². The molecule has 5 heteroatoms. The quantitative estimate of drug-likeness (QED) is 0.759. The molecule has 1 heterocycles. The van der Waals surface area contributed by atoms with Crippen LogP contribution in [0.15, 0.2) is 24.3 Å². The Balaban J connectivity index is 1.49. The number of urea groups is 1. The molecule has 1 aromatic carbocycles. The average molecular weight is 374 g/mol. The van der Waals surface area contributed by atoms with Gasteiger partial charge >= 0.3 is 6.03 Å². The van der Waals surface area contributed by atoms with Crippen LogP contribution in [0.25, 0.3) is 0 Å². The first-order chi connectivity index (χ1) is 13.2. The number of nitrogens with zero attached hydrogens (tertiary/aromatic N) is 2. The van der Waals surface area contributed by atoms with E-state index in [1.807, 2.05) is 17.0 Å². The zero-order valence-electron chi connectivity index (χ0n) is 17.0. The molecule has 2 fully saturated rings. The van der Waals surface area contributed by atoms with Crippen molar-refractivity contribution in [2.24, 2.45) is 5.92 Å². The van der Waals surface area contributed by atoms with E-state index in [1.54, 1.807) is 7.11 Å². The van der Waals surface area contributed by atoms with E-state index in [0.29, 0.717) is 25.6 Å². The number of nitrogens with one attached hydrogen (secondary N) is 1. The van der Waals surface area contributed by atoms with Crippen LogP contribution in [0.4, 0.5) is 4.79 Å². The topological polar surface area (TPSA) is 44.8 Å². The number of ether oxygens (including phenoxy) is 1. The maximum atomic E-state index is 12.8. The summed E-state index contributed by atoms with van der Waals surface area (Å²) in [5, 5.41) is 3.19. The predicted octanol–water partition coefficient (Wildman–Crippen LogP) is 3.42. The van der Waals surface area contributed by atoms with E-state index in [1.165, 1.54) is 49.8 Å². The lowest BCUT2D eigenvalue weighted by molar-refractivity contribution is 0.145. The lowest BCUT2D eigenvalue weighted by Gasteiger charge is -2.25. The van der Waals surface area contributed by atoms with E-state index in [9.17, 15) is 4.79 Å². The highest BCUT2D eigenvalue weighted by molar-refractivity contribution is 5.74. The molecule has 150 valence electrons. The molecule has 2 amide bonds. The van der Waals surface area contributed by atoms with Gasteiger partial charge in [0, 0.05) is 39.3 Å². The first-order valence-electron chi connectivity index (χ1n) is 10.5. The molecule has 5 nitrogen and oxygen atoms in total. The molecule has 0 aromatic heterocycles. The Morgan fingerprint density at radius 3 is 2.78 bits per heavy atom. The van der Waals surface area contributed by atoms with Gasteiger partial charge in [0.05, 0.1) is 6.61 Å². The van der Waals surface area contributed by atoms with Crippen molar-refractivity contribution in [2.75, 3.05) is 39.9 Å². The highest BCUT2D eigenvalue weighted by atomic mass is 16.5. The van der Waals surface area contributed by atoms with Gasteiger partial charge in [-0.3, -0.25) is 0 Å². The van der Waals surface area contributed by atoms with Crippen molar-refractivity contribution in [1.82, 2.24) is 15.1 Å². The summed E-state index contributed by atoms with van der Waals surface area (Å²) in [6.45, 7) is 6.99. The van der Waals surface area contributed by atoms with Gasteiger partial charge in [0.25, 0.3) is 0 Å². The zero-order valence-corrected chi connectivity index (χ0v) is 17.0. The van der Waals surface area contributed by atoms with Crippen LogP contribution >= 0.6 is 0 Å². The SMILES string of the molecule is COCCN(Cc1ccccc1C)C(=O)NC[C@@H]1CCN(C2CCCC2)C1. The largest absolute Gasteiger partial charge is 0.383 e. The van der Waals surface area contributed by atoms with E-state index in [-0.39, 0.29) is 6.03 Å². The number of methoxy groups -OCH3 is 1. The summed E-state index contributed by atoms with van der Waals surface area (Å²) in [5.41, 5.74) is 2.41. The molecular formula is C22H35N3O2. The predicted molar refractivity (Wildman–Crippen MR) is 109 cm³/mol. The Labute approximate surface area is 164 Å². The molecule has 1 atom stereocenters. The number of carbonyl (C=O) groups is 1. The molecule has 1 saturated heterocycles. The summed E-state index contributed by atoms with van der Waals surface area (Å²) < 4.78 is 5.21. The lowest BCUT2D eigenvalue weighted by Crippen LogP contribution is -2.43. The minimum absolute atomic E-state index is 0.0228. The molecule has 0 radical (unpaired) electrons. The fourth-order valence-corrected chi connectivity index (χ4v) is 4.42. The Hall–Kier alpha value is -1.59. The van der Waals surface area contributed by atoms with Gasteiger partial charge in [-0.2, -0.15) is 0 Å². The highest BCUT2D eigenvalue weighted by Gasteiger charge is 2.30. The van der Waals surface area contributed by atoms with Crippen LogP contribution in [0.2, 0.25) is 0 Å². The van der Waals surface area contributed by atoms with Crippen molar-refractivity contribution in [1.29, 1.82) is 0 Å². The number of amides is 2. The number of hydrogen-bond donors (Lipinski definition) is 1. The Morgan fingerprint density at radius 2 is 2.04 bits per heavy atom. The van der Waals surface area contributed by atoms with Gasteiger partial charge in [0.15, 0.2) is 0 Å². The summed E-state index contributed by atoms with van der Waals surface area (Å²) in [5.74, 6) is 0.581. The maximum absolute atomic E-state index is 12.8. The number of hydrogen-bond acceptors (Lipinski definition) is 3. The third-order valence-corrected chi connectivity index (χ3v) is 6.18. The minimum atomic E-state index is 0.0228. The molecule has 0 spiro atoms. The first-order valence-corrected chi connectivity index (χ1v) is 10.5. The Bertz CT molecular complexity index is 601. The van der Waals surface area contributed by atoms with E-state index < -0.39 is 0 Å². The number of benzene rings is 1. The van der Waals surface area contributed by atoms with Gasteiger partial charge in [-0.25, -0.2) is 4.79 Å². The van der Waals surface area contributed by atoms with E-state index in [2.05, 4.69) is 29.3 Å². The zero-order chi connectivity index (χ0) is 19.1. The summed E-state index contributed by atoms with van der Waals surface area (Å²) in [7, 11) is 1.68. The van der Waals surface area contributed by atoms with Crippen LogP contribution in [-0.4, -0.2) is 61.8 Å². The molecule has 27 heavy (non-hydrogen) atoms. The van der Waals surface area contributed by atoms with Crippen LogP contribution in [0.1, 0.15) is 43.2 Å². The van der Waals surface area contributed by atoms with Gasteiger partial charge in [-0.05, 0) is 49.8 Å². The molecule has 1 aliphatic carbocycles. The third-order valence-electron chi connectivity index (χ3n) is 6.18. The standard InChI is InChI=1S/C22H35N3O2/c1-18-7-3-4-8-20(18)17-25(13-14-27-2)22(26)23-15-19-11-12-24(16-19)21-9-5-6-10-21/h3-4,7-8,19,21H,5-6,9-17H2,1-2H3,(H,23,26)/t19-/m0/s1. The Kier molecular flexibility index (Phi) is 7.53. The van der Waals surface area contributed by atoms with Gasteiger partial charge in [-0.15, -0.1) is 0 Å². The average Bonchev–Trinajstić information content (AvgIpc) is 3.36. The van der Waals surface area contributed by atoms with Crippen molar-refractivity contribution in [3.63, 3.8) is 0 Å². The van der Waals surface area contributed by atoms with Gasteiger partial charge in [0.1, 0.15) is 0 Å². The summed E-state index contributed by atoms with van der Waals surface area (Å²) >= 11 is 0. The monoisotopic (exact) mass is 373 g/mol. The first kappa shape index (κ1) is 20.2. The normalized spacial score (nSPS) is 20.9. The molecule has 0 unspecified atom stereocenters. The van der Waals surface area contributed by atoms with Crippen LogP contribution in [0, 0.1) is 12.8 Å². The van der Waals surface area contributed by atoms with Gasteiger partial charge in [0.2, 0.25) is 0 Å². The Morgan fingerprint density at radius 1 is 1.26 bits per heavy atom. The van der Waals surface area contributed by atoms with Crippen LogP contribution in [0.5, 0.6) is 0 Å². The maximum Gasteiger partial charge on any atom is 0.317 e. The third kappa shape index (κ3) is 5.69.